The Morgan fingerprint density at radius 2 is 1.37 bits per heavy atom. The molecule has 1 fully saturated rings. The highest BCUT2D eigenvalue weighted by Crippen LogP contribution is 2.52. The molecule has 6 atom stereocenters. The summed E-state index contributed by atoms with van der Waals surface area (Å²) in [6, 6.07) is 4.79. The van der Waals surface area contributed by atoms with E-state index in [0.29, 0.717) is 0 Å². The molecule has 0 amide bonds. The van der Waals surface area contributed by atoms with Gasteiger partial charge in [-0.25, -0.2) is 9.59 Å². The summed E-state index contributed by atoms with van der Waals surface area (Å²) in [6.07, 6.45) is -4.06. The Balaban J connectivity index is 1.55. The Bertz CT molecular complexity index is 1780. The van der Waals surface area contributed by atoms with Crippen molar-refractivity contribution in [1.82, 2.24) is 0 Å². The van der Waals surface area contributed by atoms with Crippen molar-refractivity contribution < 1.29 is 77.6 Å². The van der Waals surface area contributed by atoms with Crippen LogP contribution in [0.3, 0.4) is 0 Å². The van der Waals surface area contributed by atoms with Crippen LogP contribution in [0.5, 0.6) is 23.0 Å². The van der Waals surface area contributed by atoms with Crippen LogP contribution in [0.2, 0.25) is 0 Å². The molecule has 3 aliphatic heterocycles. The molecule has 3 heterocycles. The van der Waals surface area contributed by atoms with Crippen LogP contribution >= 0.6 is 0 Å². The Morgan fingerprint density at radius 3 is 1.86 bits per heavy atom. The van der Waals surface area contributed by atoms with Gasteiger partial charge in [0.2, 0.25) is 5.60 Å². The monoisotopic (exact) mass is 686 g/mol. The Kier molecular flexibility index (Phi) is 8.84. The van der Waals surface area contributed by atoms with Gasteiger partial charge in [0.1, 0.15) is 40.2 Å². The van der Waals surface area contributed by atoms with Gasteiger partial charge in [-0.3, -0.25) is 19.2 Å². The van der Waals surface area contributed by atoms with Gasteiger partial charge in [0.05, 0.1) is 47.0 Å². The number of ketones is 2. The van der Waals surface area contributed by atoms with Crippen molar-refractivity contribution >= 4 is 35.4 Å². The topological polar surface area (TPSA) is 239 Å². The Hall–Kier alpha value is -5.22. The highest BCUT2D eigenvalue weighted by atomic mass is 16.7. The molecule has 2 aromatic rings. The average Bonchev–Trinajstić information content (AvgIpc) is 3.34. The Labute approximate surface area is 278 Å². The summed E-state index contributed by atoms with van der Waals surface area (Å²) in [7, 11) is 3.15. The normalized spacial score (nSPS) is 27.0. The van der Waals surface area contributed by atoms with Crippen LogP contribution in [0.1, 0.15) is 60.2 Å². The molecule has 0 bridgehead atoms. The van der Waals surface area contributed by atoms with Gasteiger partial charge in [-0.15, -0.1) is 0 Å². The molecule has 262 valence electrons. The molecule has 16 nitrogen and oxygen atoms in total. The molecule has 4 N–H and O–H groups in total. The third-order valence-electron chi connectivity index (χ3n) is 9.30. The standard InChI is InChI=1S/C33H34O16/c1-14(10-22(36)44-3)28(40)31(29(41)45-4)12-18(34)24-20(47-31)8-6-16(26(24)38)17-7-9-21-25(27(17)39)19(35)13-32(48-21,30(42)46-5)33(43)15(2)11-23(37)49-33/h6-9,14-15,28,38-40,43H,10-13H2,1-5H3/t14-,15-,28+,31-,32-,33-/m0/s1. The second-order valence-electron chi connectivity index (χ2n) is 12.3. The van der Waals surface area contributed by atoms with Gasteiger partial charge in [-0.05, 0) is 30.2 Å². The van der Waals surface area contributed by atoms with Gasteiger partial charge >= 0.3 is 23.9 Å². The van der Waals surface area contributed by atoms with E-state index >= 15 is 0 Å². The molecule has 0 aliphatic carbocycles. The molecule has 5 rings (SSSR count). The fourth-order valence-electron chi connectivity index (χ4n) is 6.69. The van der Waals surface area contributed by atoms with E-state index in [0.717, 1.165) is 21.3 Å². The number of rotatable bonds is 8. The molecule has 0 aromatic heterocycles. The van der Waals surface area contributed by atoms with Gasteiger partial charge in [0.25, 0.3) is 11.4 Å². The first-order valence-electron chi connectivity index (χ1n) is 15.0. The molecule has 0 radical (unpaired) electrons. The maximum atomic E-state index is 13.6. The fraction of sp³-hybridized carbons (Fsp3) is 0.455. The zero-order valence-electron chi connectivity index (χ0n) is 27.1. The number of ether oxygens (including phenoxy) is 6. The predicted molar refractivity (Wildman–Crippen MR) is 160 cm³/mol. The third-order valence-corrected chi connectivity index (χ3v) is 9.30. The van der Waals surface area contributed by atoms with E-state index in [9.17, 15) is 49.2 Å². The highest BCUT2D eigenvalue weighted by molar-refractivity contribution is 6.10. The van der Waals surface area contributed by atoms with Gasteiger partial charge in [-0.1, -0.05) is 13.8 Å². The average molecular weight is 687 g/mol. The first-order valence-corrected chi connectivity index (χ1v) is 15.0. The second-order valence-corrected chi connectivity index (χ2v) is 12.3. The SMILES string of the molecule is COC(=O)C[C@H](C)[C@@H](O)[C@]1(C(=O)OC)CC(=O)c2c(ccc(-c3ccc4c(c3O)C(=O)C[C@](C(=O)OC)([C@@]3(O)OC(=O)C[C@@H]3C)O4)c2O)O1. The maximum Gasteiger partial charge on any atom is 0.357 e. The summed E-state index contributed by atoms with van der Waals surface area (Å²) >= 11 is 0. The number of hydrogen-bond acceptors (Lipinski definition) is 16. The first-order chi connectivity index (χ1) is 23.0. The van der Waals surface area contributed by atoms with Crippen LogP contribution in [0.4, 0.5) is 0 Å². The number of cyclic esters (lactones) is 1. The number of methoxy groups -OCH3 is 3. The number of Topliss-reactive ketones (excluding diaryl/α,β-unsaturated/α-hetero) is 2. The van der Waals surface area contributed by atoms with Crippen molar-refractivity contribution in [2.45, 2.75) is 62.6 Å². The van der Waals surface area contributed by atoms with Gasteiger partial charge in [0.15, 0.2) is 11.6 Å². The molecule has 3 aliphatic rings. The number of phenolic OH excluding ortho intramolecular Hbond substituents is 2. The van der Waals surface area contributed by atoms with Gasteiger partial charge in [-0.2, -0.15) is 0 Å². The van der Waals surface area contributed by atoms with Crippen LogP contribution in [0, 0.1) is 11.8 Å². The number of aliphatic hydroxyl groups is 2. The van der Waals surface area contributed by atoms with Crippen LogP contribution in [-0.2, 0) is 38.1 Å². The van der Waals surface area contributed by atoms with E-state index in [1.807, 2.05) is 0 Å². The minimum atomic E-state index is -2.60. The lowest BCUT2D eigenvalue weighted by atomic mass is 9.77. The molecule has 1 saturated heterocycles. The van der Waals surface area contributed by atoms with Crippen LogP contribution in [-0.4, -0.2) is 100 Å². The van der Waals surface area contributed by atoms with E-state index in [1.54, 1.807) is 0 Å². The molecular formula is C33H34O16. The number of hydrogen-bond donors (Lipinski definition) is 4. The molecule has 16 heteroatoms. The predicted octanol–water partition coefficient (Wildman–Crippen LogP) is 1.35. The quantitative estimate of drug-likeness (QED) is 0.226. The minimum absolute atomic E-state index is 0.157. The number of fused-ring (bicyclic) bond motifs is 2. The van der Waals surface area contributed by atoms with E-state index in [2.05, 4.69) is 4.74 Å². The lowest BCUT2D eigenvalue weighted by Gasteiger charge is -2.44. The van der Waals surface area contributed by atoms with Crippen LogP contribution in [0.15, 0.2) is 24.3 Å². The van der Waals surface area contributed by atoms with Crippen molar-refractivity contribution in [3.05, 3.63) is 35.4 Å². The number of esters is 4. The van der Waals surface area contributed by atoms with Crippen molar-refractivity contribution in [3.63, 3.8) is 0 Å². The summed E-state index contributed by atoms with van der Waals surface area (Å²) in [5.41, 5.74) is -5.98. The van der Waals surface area contributed by atoms with Gasteiger partial charge < -0.3 is 48.8 Å². The van der Waals surface area contributed by atoms with Crippen molar-refractivity contribution in [1.29, 1.82) is 0 Å². The molecular weight excluding hydrogens is 652 g/mol. The largest absolute Gasteiger partial charge is 0.506 e. The number of phenols is 2. The Morgan fingerprint density at radius 1 is 0.837 bits per heavy atom. The summed E-state index contributed by atoms with van der Waals surface area (Å²) in [5, 5.41) is 45.2. The molecule has 49 heavy (non-hydrogen) atoms. The molecule has 0 spiro atoms. The first kappa shape index (κ1) is 35.1. The smallest absolute Gasteiger partial charge is 0.357 e. The number of carbonyl (C=O) groups is 6. The summed E-state index contributed by atoms with van der Waals surface area (Å²) in [6.45, 7) is 2.86. The maximum absolute atomic E-state index is 13.6. The van der Waals surface area contributed by atoms with E-state index in [4.69, 9.17) is 23.7 Å². The summed E-state index contributed by atoms with van der Waals surface area (Å²) < 4.78 is 31.2. The van der Waals surface area contributed by atoms with Crippen molar-refractivity contribution in [3.8, 4) is 34.1 Å². The summed E-state index contributed by atoms with van der Waals surface area (Å²) in [4.78, 5) is 77.2. The lowest BCUT2D eigenvalue weighted by molar-refractivity contribution is -0.276. The third kappa shape index (κ3) is 5.22. The summed E-state index contributed by atoms with van der Waals surface area (Å²) in [5.74, 6) is -12.3. The van der Waals surface area contributed by atoms with E-state index in [-0.39, 0.29) is 35.5 Å². The number of benzene rings is 2. The number of aliphatic hydroxyl groups excluding tert-OH is 1. The zero-order valence-corrected chi connectivity index (χ0v) is 27.1. The molecule has 0 saturated carbocycles. The number of carbonyl (C=O) groups excluding carboxylic acids is 6. The fourth-order valence-corrected chi connectivity index (χ4v) is 6.69. The van der Waals surface area contributed by atoms with Crippen LogP contribution < -0.4 is 9.47 Å². The van der Waals surface area contributed by atoms with Gasteiger partial charge in [0, 0.05) is 17.0 Å². The zero-order chi connectivity index (χ0) is 36.2. The van der Waals surface area contributed by atoms with E-state index < -0.39 is 106 Å². The van der Waals surface area contributed by atoms with Crippen LogP contribution in [0.25, 0.3) is 11.1 Å². The number of aromatic hydroxyl groups is 2. The van der Waals surface area contributed by atoms with Crippen molar-refractivity contribution in [2.24, 2.45) is 11.8 Å². The molecule has 2 aromatic carbocycles. The van der Waals surface area contributed by atoms with Crippen molar-refractivity contribution in [2.75, 3.05) is 21.3 Å². The second kappa shape index (κ2) is 12.3. The lowest BCUT2D eigenvalue weighted by Crippen LogP contribution is -2.67. The molecule has 0 unspecified atom stereocenters. The minimum Gasteiger partial charge on any atom is -0.506 e. The van der Waals surface area contributed by atoms with E-state index in [1.165, 1.54) is 38.1 Å². The highest BCUT2D eigenvalue weighted by Gasteiger charge is 2.70.